The van der Waals surface area contributed by atoms with Crippen LogP contribution in [0.25, 0.3) is 5.69 Å². The van der Waals surface area contributed by atoms with Crippen molar-refractivity contribution in [2.75, 3.05) is 26.9 Å². The van der Waals surface area contributed by atoms with Crippen molar-refractivity contribution in [3.63, 3.8) is 0 Å². The Balaban J connectivity index is 1.86. The standard InChI is InChI=1S/C18H21N3O5/c1-12-3-4-16(25-2)15(9-12)21-6-5-14(19-21)18(24)20-7-8-26-11-13(20)10-17(22)23/h3-6,9,13H,7-8,10-11H2,1-2H3,(H,22,23). The number of aliphatic carboxylic acids is 1. The number of carbonyl (C=O) groups is 2. The summed E-state index contributed by atoms with van der Waals surface area (Å²) < 4.78 is 12.3. The number of hydrogen-bond acceptors (Lipinski definition) is 5. The number of rotatable bonds is 5. The van der Waals surface area contributed by atoms with Gasteiger partial charge in [-0.15, -0.1) is 0 Å². The van der Waals surface area contributed by atoms with Gasteiger partial charge in [-0.25, -0.2) is 4.68 Å². The third-order valence-electron chi connectivity index (χ3n) is 4.29. The van der Waals surface area contributed by atoms with Crippen molar-refractivity contribution < 1.29 is 24.2 Å². The monoisotopic (exact) mass is 359 g/mol. The predicted molar refractivity (Wildman–Crippen MR) is 92.7 cm³/mol. The fourth-order valence-electron chi connectivity index (χ4n) is 2.99. The van der Waals surface area contributed by atoms with Crippen LogP contribution in [0.3, 0.4) is 0 Å². The number of benzene rings is 1. The predicted octanol–water partition coefficient (Wildman–Crippen LogP) is 1.51. The summed E-state index contributed by atoms with van der Waals surface area (Å²) in [7, 11) is 1.58. The average Bonchev–Trinajstić information content (AvgIpc) is 3.11. The summed E-state index contributed by atoms with van der Waals surface area (Å²) in [6.07, 6.45) is 1.54. The van der Waals surface area contributed by atoms with Crippen LogP contribution in [0, 0.1) is 6.92 Å². The minimum absolute atomic E-state index is 0.155. The van der Waals surface area contributed by atoms with Gasteiger partial charge in [-0.3, -0.25) is 9.59 Å². The molecule has 0 radical (unpaired) electrons. The van der Waals surface area contributed by atoms with Crippen LogP contribution < -0.4 is 4.74 Å². The van der Waals surface area contributed by atoms with Gasteiger partial charge in [0, 0.05) is 12.7 Å². The van der Waals surface area contributed by atoms with E-state index >= 15 is 0 Å². The highest BCUT2D eigenvalue weighted by molar-refractivity contribution is 5.93. The first kappa shape index (κ1) is 17.9. The summed E-state index contributed by atoms with van der Waals surface area (Å²) in [6.45, 7) is 2.90. The number of hydrogen-bond donors (Lipinski definition) is 1. The van der Waals surface area contributed by atoms with Crippen LogP contribution in [-0.2, 0) is 9.53 Å². The van der Waals surface area contributed by atoms with E-state index in [9.17, 15) is 9.59 Å². The number of carboxylic acids is 1. The van der Waals surface area contributed by atoms with Gasteiger partial charge in [0.15, 0.2) is 5.69 Å². The van der Waals surface area contributed by atoms with Gasteiger partial charge in [0.2, 0.25) is 0 Å². The Morgan fingerprint density at radius 3 is 2.92 bits per heavy atom. The van der Waals surface area contributed by atoms with E-state index in [0.29, 0.717) is 18.9 Å². The van der Waals surface area contributed by atoms with Crippen molar-refractivity contribution in [2.45, 2.75) is 19.4 Å². The molecular formula is C18H21N3O5. The Labute approximate surface area is 150 Å². The van der Waals surface area contributed by atoms with E-state index in [-0.39, 0.29) is 24.6 Å². The smallest absolute Gasteiger partial charge is 0.305 e. The van der Waals surface area contributed by atoms with E-state index in [1.807, 2.05) is 25.1 Å². The minimum Gasteiger partial charge on any atom is -0.494 e. The molecule has 8 nitrogen and oxygen atoms in total. The number of ether oxygens (including phenoxy) is 2. The van der Waals surface area contributed by atoms with Crippen LogP contribution >= 0.6 is 0 Å². The summed E-state index contributed by atoms with van der Waals surface area (Å²) in [6, 6.07) is 6.83. The SMILES string of the molecule is COc1ccc(C)cc1-n1ccc(C(=O)N2CCOCC2CC(=O)O)n1. The van der Waals surface area contributed by atoms with Crippen LogP contribution in [0.4, 0.5) is 0 Å². The first-order valence-corrected chi connectivity index (χ1v) is 8.31. The van der Waals surface area contributed by atoms with Gasteiger partial charge >= 0.3 is 5.97 Å². The normalized spacial score (nSPS) is 17.2. The maximum absolute atomic E-state index is 12.8. The number of methoxy groups -OCH3 is 1. The van der Waals surface area contributed by atoms with Crippen molar-refractivity contribution >= 4 is 11.9 Å². The van der Waals surface area contributed by atoms with Crippen molar-refractivity contribution in [2.24, 2.45) is 0 Å². The molecule has 0 bridgehead atoms. The lowest BCUT2D eigenvalue weighted by molar-refractivity contribution is -0.139. The molecule has 1 saturated heterocycles. The molecule has 1 aliphatic rings. The first-order valence-electron chi connectivity index (χ1n) is 8.31. The lowest BCUT2D eigenvalue weighted by atomic mass is 10.1. The number of aromatic nitrogens is 2. The van der Waals surface area contributed by atoms with E-state index in [1.165, 1.54) is 4.90 Å². The Hall–Kier alpha value is -2.87. The molecule has 2 heterocycles. The van der Waals surface area contributed by atoms with E-state index in [0.717, 1.165) is 11.3 Å². The van der Waals surface area contributed by atoms with Gasteiger partial charge in [-0.2, -0.15) is 5.10 Å². The maximum atomic E-state index is 12.8. The second-order valence-corrected chi connectivity index (χ2v) is 6.15. The highest BCUT2D eigenvalue weighted by atomic mass is 16.5. The molecule has 0 spiro atoms. The van der Waals surface area contributed by atoms with Crippen LogP contribution in [0.5, 0.6) is 5.75 Å². The Morgan fingerprint density at radius 1 is 1.38 bits per heavy atom. The van der Waals surface area contributed by atoms with Crippen LogP contribution in [0.15, 0.2) is 30.5 Å². The Kier molecular flexibility index (Phi) is 5.22. The van der Waals surface area contributed by atoms with E-state index in [1.54, 1.807) is 24.1 Å². The molecule has 26 heavy (non-hydrogen) atoms. The molecule has 1 N–H and O–H groups in total. The molecule has 1 aliphatic heterocycles. The molecule has 1 amide bonds. The molecule has 1 aromatic carbocycles. The van der Waals surface area contributed by atoms with Crippen molar-refractivity contribution in [1.82, 2.24) is 14.7 Å². The number of morpholine rings is 1. The molecule has 1 aromatic heterocycles. The van der Waals surface area contributed by atoms with Gasteiger partial charge in [0.1, 0.15) is 11.4 Å². The molecule has 1 fully saturated rings. The van der Waals surface area contributed by atoms with Gasteiger partial charge in [0.05, 0.1) is 32.8 Å². The summed E-state index contributed by atoms with van der Waals surface area (Å²) in [5, 5.41) is 13.4. The lowest BCUT2D eigenvalue weighted by Crippen LogP contribution is -2.49. The molecular weight excluding hydrogens is 338 g/mol. The molecule has 0 aliphatic carbocycles. The Bertz CT molecular complexity index is 817. The van der Waals surface area contributed by atoms with Crippen molar-refractivity contribution in [3.05, 3.63) is 41.7 Å². The van der Waals surface area contributed by atoms with Crippen LogP contribution in [-0.4, -0.2) is 64.6 Å². The molecule has 1 atom stereocenters. The third-order valence-corrected chi connectivity index (χ3v) is 4.29. The number of aryl methyl sites for hydroxylation is 1. The van der Waals surface area contributed by atoms with E-state index in [2.05, 4.69) is 5.10 Å². The van der Waals surface area contributed by atoms with Gasteiger partial charge < -0.3 is 19.5 Å². The number of carboxylic acid groups (broad SMARTS) is 1. The quantitative estimate of drug-likeness (QED) is 0.870. The largest absolute Gasteiger partial charge is 0.494 e. The third kappa shape index (κ3) is 3.70. The summed E-state index contributed by atoms with van der Waals surface area (Å²) in [4.78, 5) is 25.4. The fourth-order valence-corrected chi connectivity index (χ4v) is 2.99. The van der Waals surface area contributed by atoms with Gasteiger partial charge in [-0.1, -0.05) is 6.07 Å². The van der Waals surface area contributed by atoms with Crippen molar-refractivity contribution in [3.8, 4) is 11.4 Å². The second kappa shape index (κ2) is 7.57. The van der Waals surface area contributed by atoms with Crippen LogP contribution in [0.1, 0.15) is 22.5 Å². The molecule has 1 unspecified atom stereocenters. The summed E-state index contributed by atoms with van der Waals surface area (Å²) >= 11 is 0. The van der Waals surface area contributed by atoms with E-state index < -0.39 is 12.0 Å². The summed E-state index contributed by atoms with van der Waals surface area (Å²) in [5.41, 5.74) is 2.03. The Morgan fingerprint density at radius 2 is 2.19 bits per heavy atom. The number of nitrogens with zero attached hydrogens (tertiary/aromatic N) is 3. The molecule has 3 rings (SSSR count). The average molecular weight is 359 g/mol. The first-order chi connectivity index (χ1) is 12.5. The zero-order valence-corrected chi connectivity index (χ0v) is 14.7. The maximum Gasteiger partial charge on any atom is 0.305 e. The summed E-state index contributed by atoms with van der Waals surface area (Å²) in [5.74, 6) is -0.619. The number of amides is 1. The van der Waals surface area contributed by atoms with Gasteiger partial charge in [0.25, 0.3) is 5.91 Å². The molecule has 8 heteroatoms. The molecule has 2 aromatic rings. The van der Waals surface area contributed by atoms with Crippen molar-refractivity contribution in [1.29, 1.82) is 0 Å². The van der Waals surface area contributed by atoms with E-state index in [4.69, 9.17) is 14.6 Å². The zero-order chi connectivity index (χ0) is 18.7. The lowest BCUT2D eigenvalue weighted by Gasteiger charge is -2.34. The highest BCUT2D eigenvalue weighted by Crippen LogP contribution is 2.24. The highest BCUT2D eigenvalue weighted by Gasteiger charge is 2.31. The number of carbonyl (C=O) groups excluding carboxylic acids is 1. The fraction of sp³-hybridized carbons (Fsp3) is 0.389. The van der Waals surface area contributed by atoms with Gasteiger partial charge in [-0.05, 0) is 30.7 Å². The molecule has 0 saturated carbocycles. The van der Waals surface area contributed by atoms with Crippen LogP contribution in [0.2, 0.25) is 0 Å². The molecule has 138 valence electrons. The minimum atomic E-state index is -0.965. The topological polar surface area (TPSA) is 93.9 Å². The zero-order valence-electron chi connectivity index (χ0n) is 14.7. The second-order valence-electron chi connectivity index (χ2n) is 6.15.